The molecule has 1 fully saturated rings. The van der Waals surface area contributed by atoms with Crippen LogP contribution in [0.2, 0.25) is 0 Å². The molecule has 1 heterocycles. The average molecular weight is 274 g/mol. The summed E-state index contributed by atoms with van der Waals surface area (Å²) in [4.78, 5) is 2.68. The highest BCUT2D eigenvalue weighted by Gasteiger charge is 2.29. The van der Waals surface area contributed by atoms with Crippen molar-refractivity contribution in [3.05, 3.63) is 35.9 Å². The molecule has 0 radical (unpaired) electrons. The van der Waals surface area contributed by atoms with Crippen LogP contribution >= 0.6 is 0 Å². The molecule has 2 heteroatoms. The number of hydrogen-bond acceptors (Lipinski definition) is 2. The summed E-state index contributed by atoms with van der Waals surface area (Å²) >= 11 is 0. The number of benzene rings is 1. The van der Waals surface area contributed by atoms with E-state index in [1.165, 1.54) is 44.3 Å². The quantitative estimate of drug-likeness (QED) is 0.848. The van der Waals surface area contributed by atoms with Gasteiger partial charge in [-0.15, -0.1) is 0 Å². The van der Waals surface area contributed by atoms with Crippen molar-refractivity contribution in [1.82, 2.24) is 10.2 Å². The van der Waals surface area contributed by atoms with E-state index in [9.17, 15) is 0 Å². The van der Waals surface area contributed by atoms with E-state index < -0.39 is 0 Å². The predicted molar refractivity (Wildman–Crippen MR) is 86.9 cm³/mol. The Morgan fingerprint density at radius 1 is 1.10 bits per heavy atom. The van der Waals surface area contributed by atoms with Crippen LogP contribution in [0.5, 0.6) is 0 Å². The zero-order chi connectivity index (χ0) is 14.4. The molecule has 1 aromatic rings. The third-order valence-corrected chi connectivity index (χ3v) is 4.52. The van der Waals surface area contributed by atoms with Crippen LogP contribution in [0.25, 0.3) is 0 Å². The van der Waals surface area contributed by atoms with E-state index in [-0.39, 0.29) is 0 Å². The Morgan fingerprint density at radius 2 is 1.75 bits per heavy atom. The van der Waals surface area contributed by atoms with Gasteiger partial charge in [-0.1, -0.05) is 36.8 Å². The van der Waals surface area contributed by atoms with E-state index in [4.69, 9.17) is 0 Å². The first-order valence-electron chi connectivity index (χ1n) is 8.10. The molecule has 0 saturated carbocycles. The first-order chi connectivity index (χ1) is 9.58. The summed E-state index contributed by atoms with van der Waals surface area (Å²) in [5.41, 5.74) is 1.68. The Hall–Kier alpha value is -0.860. The Bertz CT molecular complexity index is 380. The highest BCUT2D eigenvalue weighted by Crippen LogP contribution is 2.24. The monoisotopic (exact) mass is 274 g/mol. The smallest absolute Gasteiger partial charge is 0.0207 e. The van der Waals surface area contributed by atoms with Crippen LogP contribution in [-0.2, 0) is 6.54 Å². The minimum atomic E-state index is 0.309. The Morgan fingerprint density at radius 3 is 2.40 bits per heavy atom. The van der Waals surface area contributed by atoms with Gasteiger partial charge in [-0.3, -0.25) is 4.90 Å². The van der Waals surface area contributed by atoms with Crippen molar-refractivity contribution in [3.63, 3.8) is 0 Å². The van der Waals surface area contributed by atoms with Crippen molar-refractivity contribution in [2.24, 2.45) is 0 Å². The summed E-state index contributed by atoms with van der Waals surface area (Å²) in [7, 11) is 0. The van der Waals surface area contributed by atoms with Crippen molar-refractivity contribution >= 4 is 0 Å². The van der Waals surface area contributed by atoms with E-state index in [1.807, 2.05) is 0 Å². The number of hydrogen-bond donors (Lipinski definition) is 1. The van der Waals surface area contributed by atoms with Crippen LogP contribution in [-0.4, -0.2) is 29.6 Å². The fraction of sp³-hybridized carbons (Fsp3) is 0.667. The van der Waals surface area contributed by atoms with Crippen molar-refractivity contribution in [1.29, 1.82) is 0 Å². The molecule has 1 unspecified atom stereocenters. The molecule has 2 rings (SSSR count). The predicted octanol–water partition coefficient (Wildman–Crippen LogP) is 3.82. The Balaban J connectivity index is 1.79. The molecular formula is C18H30N2. The van der Waals surface area contributed by atoms with Gasteiger partial charge < -0.3 is 5.32 Å². The molecular weight excluding hydrogens is 244 g/mol. The van der Waals surface area contributed by atoms with E-state index in [1.54, 1.807) is 0 Å². The molecule has 112 valence electrons. The number of rotatable bonds is 6. The van der Waals surface area contributed by atoms with Gasteiger partial charge in [0.25, 0.3) is 0 Å². The second kappa shape index (κ2) is 7.24. The van der Waals surface area contributed by atoms with Crippen molar-refractivity contribution in [3.8, 4) is 0 Å². The number of nitrogens with one attached hydrogen (secondary N) is 1. The summed E-state index contributed by atoms with van der Waals surface area (Å²) in [5.74, 6) is 0. The van der Waals surface area contributed by atoms with Crippen molar-refractivity contribution < 1.29 is 0 Å². The molecule has 1 aromatic carbocycles. The highest BCUT2D eigenvalue weighted by atomic mass is 15.2. The van der Waals surface area contributed by atoms with E-state index in [0.29, 0.717) is 11.6 Å². The second-order valence-electron chi connectivity index (χ2n) is 6.83. The molecule has 0 spiro atoms. The van der Waals surface area contributed by atoms with Gasteiger partial charge in [0.05, 0.1) is 0 Å². The Labute approximate surface area is 124 Å². The van der Waals surface area contributed by atoms with Crippen LogP contribution in [0.15, 0.2) is 30.3 Å². The molecule has 0 amide bonds. The SMILES string of the molecule is CC(CC(C)(C)N1CCCCC1)NCc1ccccc1. The Kier molecular flexibility index (Phi) is 5.62. The second-order valence-corrected chi connectivity index (χ2v) is 6.83. The summed E-state index contributed by atoms with van der Waals surface area (Å²) in [6.07, 6.45) is 5.36. The standard InChI is InChI=1S/C18H30N2/c1-16(19-15-17-10-6-4-7-11-17)14-18(2,3)20-12-8-5-9-13-20/h4,6-7,10-11,16,19H,5,8-9,12-15H2,1-3H3. The molecule has 1 aliphatic rings. The lowest BCUT2D eigenvalue weighted by atomic mass is 9.91. The first kappa shape index (κ1) is 15.5. The number of nitrogens with zero attached hydrogens (tertiary/aromatic N) is 1. The molecule has 1 N–H and O–H groups in total. The molecule has 1 aliphatic heterocycles. The molecule has 2 nitrogen and oxygen atoms in total. The van der Waals surface area contributed by atoms with Crippen molar-refractivity contribution in [2.45, 2.75) is 64.6 Å². The van der Waals surface area contributed by atoms with Gasteiger partial charge >= 0.3 is 0 Å². The lowest BCUT2D eigenvalue weighted by Gasteiger charge is -2.42. The minimum absolute atomic E-state index is 0.309. The largest absolute Gasteiger partial charge is 0.310 e. The third-order valence-electron chi connectivity index (χ3n) is 4.52. The van der Waals surface area contributed by atoms with E-state index in [2.05, 4.69) is 61.3 Å². The van der Waals surface area contributed by atoms with Crippen LogP contribution < -0.4 is 5.32 Å². The van der Waals surface area contributed by atoms with Crippen LogP contribution in [0, 0.1) is 0 Å². The van der Waals surface area contributed by atoms with Gasteiger partial charge in [0, 0.05) is 18.1 Å². The molecule has 0 bridgehead atoms. The molecule has 1 atom stereocenters. The van der Waals surface area contributed by atoms with Crippen LogP contribution in [0.1, 0.15) is 52.0 Å². The number of likely N-dealkylation sites (tertiary alicyclic amines) is 1. The van der Waals surface area contributed by atoms with E-state index >= 15 is 0 Å². The van der Waals surface area contributed by atoms with Gasteiger partial charge in [-0.05, 0) is 58.7 Å². The van der Waals surface area contributed by atoms with Gasteiger partial charge in [-0.25, -0.2) is 0 Å². The van der Waals surface area contributed by atoms with Gasteiger partial charge in [-0.2, -0.15) is 0 Å². The lowest BCUT2D eigenvalue weighted by Crippen LogP contribution is -2.49. The zero-order valence-electron chi connectivity index (χ0n) is 13.4. The van der Waals surface area contributed by atoms with Gasteiger partial charge in [0.2, 0.25) is 0 Å². The normalized spacial score (nSPS) is 18.9. The maximum absolute atomic E-state index is 3.67. The van der Waals surface area contributed by atoms with Gasteiger partial charge in [0.1, 0.15) is 0 Å². The zero-order valence-corrected chi connectivity index (χ0v) is 13.4. The fourth-order valence-electron chi connectivity index (χ4n) is 3.34. The lowest BCUT2D eigenvalue weighted by molar-refractivity contribution is 0.0798. The summed E-state index contributed by atoms with van der Waals surface area (Å²) < 4.78 is 0. The average Bonchev–Trinajstić information content (AvgIpc) is 2.47. The summed E-state index contributed by atoms with van der Waals surface area (Å²) in [6, 6.07) is 11.2. The van der Waals surface area contributed by atoms with E-state index in [0.717, 1.165) is 6.54 Å². The number of piperidine rings is 1. The topological polar surface area (TPSA) is 15.3 Å². The van der Waals surface area contributed by atoms with Crippen LogP contribution in [0.4, 0.5) is 0 Å². The molecule has 0 aromatic heterocycles. The fourth-order valence-corrected chi connectivity index (χ4v) is 3.34. The third kappa shape index (κ3) is 4.60. The first-order valence-corrected chi connectivity index (χ1v) is 8.10. The van der Waals surface area contributed by atoms with Crippen molar-refractivity contribution in [2.75, 3.05) is 13.1 Å². The summed E-state index contributed by atoms with van der Waals surface area (Å²) in [5, 5.41) is 3.67. The maximum Gasteiger partial charge on any atom is 0.0207 e. The molecule has 0 aliphatic carbocycles. The maximum atomic E-state index is 3.67. The minimum Gasteiger partial charge on any atom is -0.310 e. The van der Waals surface area contributed by atoms with Crippen LogP contribution in [0.3, 0.4) is 0 Å². The summed E-state index contributed by atoms with van der Waals surface area (Å²) in [6.45, 7) is 10.6. The van der Waals surface area contributed by atoms with Gasteiger partial charge in [0.15, 0.2) is 0 Å². The highest BCUT2D eigenvalue weighted by molar-refractivity contribution is 5.14. The molecule has 1 saturated heterocycles. The molecule has 20 heavy (non-hydrogen) atoms.